The molecule has 262 valence electrons. The minimum atomic E-state index is -1.49. The number of ketones is 1. The van der Waals surface area contributed by atoms with Crippen molar-refractivity contribution in [1.82, 2.24) is 20.9 Å². The average molecular weight is 670 g/mol. The molecule has 4 amide bonds. The van der Waals surface area contributed by atoms with Crippen LogP contribution in [0, 0.1) is 5.41 Å². The van der Waals surface area contributed by atoms with Gasteiger partial charge >= 0.3 is 6.09 Å². The van der Waals surface area contributed by atoms with E-state index < -0.39 is 65.2 Å². The van der Waals surface area contributed by atoms with Crippen LogP contribution in [0.25, 0.3) is 0 Å². The van der Waals surface area contributed by atoms with E-state index in [9.17, 15) is 29.1 Å². The summed E-state index contributed by atoms with van der Waals surface area (Å²) in [5.41, 5.74) is -1.40. The van der Waals surface area contributed by atoms with Gasteiger partial charge in [0.2, 0.25) is 17.6 Å². The number of nitrogens with zero attached hydrogens (tertiary/aromatic N) is 2. The lowest BCUT2D eigenvalue weighted by Gasteiger charge is -2.35. The number of rotatable bonds is 12. The number of carbonyl (C=O) groups excluding carboxylic acids is 5. The normalized spacial score (nSPS) is 25.4. The molecule has 1 saturated carbocycles. The summed E-state index contributed by atoms with van der Waals surface area (Å²) in [5, 5.41) is 23.3. The SMILES string of the molecule is CCC[C@H](NC(=O)[C@@H]1C[C@]2(CC(C(=O)c3ccccc3)=NO2)CN1C(=O)[C@@H](NC(=O)O[C@H]1CCOC1)C(C)(C)C)C(O)C(=O)NC1CC1. The van der Waals surface area contributed by atoms with Gasteiger partial charge in [-0.25, -0.2) is 4.79 Å². The fourth-order valence-corrected chi connectivity index (χ4v) is 6.33. The van der Waals surface area contributed by atoms with Gasteiger partial charge in [-0.3, -0.25) is 19.2 Å². The van der Waals surface area contributed by atoms with E-state index >= 15 is 0 Å². The number of likely N-dealkylation sites (tertiary alicyclic amines) is 1. The minimum Gasteiger partial charge on any atom is -0.444 e. The molecule has 3 heterocycles. The summed E-state index contributed by atoms with van der Waals surface area (Å²) in [6.45, 7) is 7.87. The van der Waals surface area contributed by atoms with Crippen LogP contribution in [0.4, 0.5) is 4.79 Å². The van der Waals surface area contributed by atoms with E-state index in [4.69, 9.17) is 14.3 Å². The van der Waals surface area contributed by atoms with Crippen molar-refractivity contribution in [2.75, 3.05) is 19.8 Å². The Bertz CT molecular complexity index is 1400. The van der Waals surface area contributed by atoms with Crippen molar-refractivity contribution in [2.45, 2.75) is 115 Å². The molecule has 0 radical (unpaired) electrons. The highest BCUT2D eigenvalue weighted by atomic mass is 16.7. The van der Waals surface area contributed by atoms with E-state index in [1.165, 1.54) is 4.90 Å². The minimum absolute atomic E-state index is 0.0103. The van der Waals surface area contributed by atoms with Crippen LogP contribution in [0.15, 0.2) is 35.5 Å². The van der Waals surface area contributed by atoms with E-state index in [0.717, 1.165) is 12.8 Å². The van der Waals surface area contributed by atoms with Crippen LogP contribution in [0.1, 0.15) is 83.0 Å². The molecule has 0 aromatic heterocycles. The zero-order valence-electron chi connectivity index (χ0n) is 28.0. The summed E-state index contributed by atoms with van der Waals surface area (Å²) in [5.74, 6) is -2.03. The van der Waals surface area contributed by atoms with Crippen LogP contribution in [0.3, 0.4) is 0 Å². The predicted molar refractivity (Wildman–Crippen MR) is 173 cm³/mol. The zero-order valence-corrected chi connectivity index (χ0v) is 28.0. The monoisotopic (exact) mass is 669 g/mol. The summed E-state index contributed by atoms with van der Waals surface area (Å²) in [6, 6.07) is 5.51. The topological polar surface area (TPSA) is 185 Å². The van der Waals surface area contributed by atoms with Crippen LogP contribution in [0.5, 0.6) is 0 Å². The number of aliphatic hydroxyl groups excluding tert-OH is 1. The van der Waals surface area contributed by atoms with Crippen LogP contribution < -0.4 is 16.0 Å². The molecule has 48 heavy (non-hydrogen) atoms. The number of aliphatic hydroxyl groups is 1. The first-order chi connectivity index (χ1) is 22.8. The second-order valence-corrected chi connectivity index (χ2v) is 14.3. The van der Waals surface area contributed by atoms with Gasteiger partial charge in [0.05, 0.1) is 25.8 Å². The number of hydrogen-bond donors (Lipinski definition) is 4. The Morgan fingerprint density at radius 3 is 2.46 bits per heavy atom. The van der Waals surface area contributed by atoms with Crippen molar-refractivity contribution in [3.63, 3.8) is 0 Å². The Balaban J connectivity index is 1.38. The van der Waals surface area contributed by atoms with Gasteiger partial charge in [0.1, 0.15) is 23.9 Å². The number of amides is 4. The second-order valence-electron chi connectivity index (χ2n) is 14.3. The zero-order chi connectivity index (χ0) is 34.6. The van der Waals surface area contributed by atoms with Gasteiger partial charge < -0.3 is 40.3 Å². The molecule has 1 aromatic carbocycles. The van der Waals surface area contributed by atoms with Crippen molar-refractivity contribution in [3.8, 4) is 0 Å². The van der Waals surface area contributed by atoms with Gasteiger partial charge in [-0.05, 0) is 24.7 Å². The number of alkyl carbamates (subject to hydrolysis) is 1. The molecule has 4 N–H and O–H groups in total. The fourth-order valence-electron chi connectivity index (χ4n) is 6.33. The smallest absolute Gasteiger partial charge is 0.408 e. The number of hydrogen-bond acceptors (Lipinski definition) is 10. The molecule has 6 atom stereocenters. The third-order valence-electron chi connectivity index (χ3n) is 9.16. The Morgan fingerprint density at radius 2 is 1.83 bits per heavy atom. The first-order valence-corrected chi connectivity index (χ1v) is 16.8. The molecule has 3 fully saturated rings. The van der Waals surface area contributed by atoms with Gasteiger partial charge in [-0.15, -0.1) is 0 Å². The van der Waals surface area contributed by atoms with Crippen molar-refractivity contribution in [3.05, 3.63) is 35.9 Å². The molecule has 5 rings (SSSR count). The molecular formula is C34H47N5O9. The number of nitrogens with one attached hydrogen (secondary N) is 3. The second kappa shape index (κ2) is 14.6. The molecular weight excluding hydrogens is 622 g/mol. The van der Waals surface area contributed by atoms with Crippen LogP contribution in [-0.4, -0.2) is 107 Å². The largest absolute Gasteiger partial charge is 0.444 e. The molecule has 4 aliphatic rings. The molecule has 1 spiro atoms. The molecule has 0 bridgehead atoms. The number of benzene rings is 1. The Labute approximate surface area is 280 Å². The first-order valence-electron chi connectivity index (χ1n) is 16.8. The lowest BCUT2D eigenvalue weighted by Crippen LogP contribution is -2.59. The maximum absolute atomic E-state index is 14.4. The van der Waals surface area contributed by atoms with E-state index in [1.807, 2.05) is 6.92 Å². The third-order valence-corrected chi connectivity index (χ3v) is 9.16. The van der Waals surface area contributed by atoms with Crippen LogP contribution >= 0.6 is 0 Å². The van der Waals surface area contributed by atoms with Crippen molar-refractivity contribution in [2.24, 2.45) is 10.6 Å². The van der Waals surface area contributed by atoms with Crippen molar-refractivity contribution >= 4 is 35.3 Å². The summed E-state index contributed by atoms with van der Waals surface area (Å²) in [7, 11) is 0. The lowest BCUT2D eigenvalue weighted by atomic mass is 9.85. The van der Waals surface area contributed by atoms with E-state index in [1.54, 1.807) is 51.1 Å². The van der Waals surface area contributed by atoms with Gasteiger partial charge in [0, 0.05) is 30.9 Å². The standard InChI is InChI=1S/C34H47N5O9/c1-5-9-23(27(41)30(43)35-21-12-13-21)36-29(42)25-17-34(16-24(38-48-34)26(40)20-10-7-6-8-11-20)19-39(25)31(44)28(33(2,3)4)37-32(45)47-22-14-15-46-18-22/h6-8,10-11,21-23,25,27-28,41H,5,9,12-19H2,1-4H3,(H,35,43)(H,36,42)(H,37,45)/t22-,23-,25-,27?,28+,34+/m0/s1. The molecule has 14 heteroatoms. The number of oxime groups is 1. The maximum Gasteiger partial charge on any atom is 0.408 e. The van der Waals surface area contributed by atoms with E-state index in [2.05, 4.69) is 21.1 Å². The Morgan fingerprint density at radius 1 is 1.10 bits per heavy atom. The maximum atomic E-state index is 14.4. The first kappa shape index (κ1) is 35.3. The molecule has 1 aliphatic carbocycles. The highest BCUT2D eigenvalue weighted by molar-refractivity contribution is 6.46. The van der Waals surface area contributed by atoms with E-state index in [-0.39, 0.29) is 43.5 Å². The average Bonchev–Trinajstić information content (AvgIpc) is 3.40. The molecule has 3 aliphatic heterocycles. The number of carbonyl (C=O) groups is 5. The summed E-state index contributed by atoms with van der Waals surface area (Å²) < 4.78 is 10.8. The highest BCUT2D eigenvalue weighted by Crippen LogP contribution is 2.39. The third kappa shape index (κ3) is 8.32. The Kier molecular flexibility index (Phi) is 10.7. The van der Waals surface area contributed by atoms with Gasteiger partial charge in [-0.1, -0.05) is 69.6 Å². The van der Waals surface area contributed by atoms with Gasteiger partial charge in [0.25, 0.3) is 5.91 Å². The Hall–Kier alpha value is -4.04. The number of Topliss-reactive ketones (excluding diaryl/α,β-unsaturated/α-hetero) is 1. The van der Waals surface area contributed by atoms with E-state index in [0.29, 0.717) is 31.4 Å². The molecule has 2 saturated heterocycles. The van der Waals surface area contributed by atoms with Crippen LogP contribution in [0.2, 0.25) is 0 Å². The van der Waals surface area contributed by atoms with Crippen molar-refractivity contribution in [1.29, 1.82) is 0 Å². The lowest BCUT2D eigenvalue weighted by molar-refractivity contribution is -0.143. The predicted octanol–water partition coefficient (Wildman–Crippen LogP) is 1.84. The van der Waals surface area contributed by atoms with Gasteiger partial charge in [0.15, 0.2) is 11.7 Å². The van der Waals surface area contributed by atoms with Crippen LogP contribution in [-0.2, 0) is 28.7 Å². The highest BCUT2D eigenvalue weighted by Gasteiger charge is 2.56. The van der Waals surface area contributed by atoms with Gasteiger partial charge in [-0.2, -0.15) is 0 Å². The summed E-state index contributed by atoms with van der Waals surface area (Å²) in [6.07, 6.45) is 0.447. The van der Waals surface area contributed by atoms with Crippen molar-refractivity contribution < 1.29 is 43.4 Å². The number of ether oxygens (including phenoxy) is 2. The summed E-state index contributed by atoms with van der Waals surface area (Å²) >= 11 is 0. The fraction of sp³-hybridized carbons (Fsp3) is 0.647. The summed E-state index contributed by atoms with van der Waals surface area (Å²) in [4.78, 5) is 74.7. The molecule has 14 nitrogen and oxygen atoms in total. The molecule has 1 aromatic rings. The molecule has 1 unspecified atom stereocenters. The quantitative estimate of drug-likeness (QED) is 0.241.